The highest BCUT2D eigenvalue weighted by molar-refractivity contribution is 9.10. The second-order valence-electron chi connectivity index (χ2n) is 4.08. The highest BCUT2D eigenvalue weighted by atomic mass is 79.9. The molecule has 0 saturated heterocycles. The van der Waals surface area contributed by atoms with Gasteiger partial charge in [0, 0.05) is 17.2 Å². The Morgan fingerprint density at radius 3 is 3.05 bits per heavy atom. The number of thioether (sulfide) groups is 1. The first-order chi connectivity index (χ1) is 9.11. The Bertz CT molecular complexity index is 600. The molecule has 1 N–H and O–H groups in total. The van der Waals surface area contributed by atoms with E-state index in [2.05, 4.69) is 32.8 Å². The molecule has 0 aliphatic carbocycles. The summed E-state index contributed by atoms with van der Waals surface area (Å²) in [6.07, 6.45) is 3.82. The molecule has 2 aromatic heterocycles. The van der Waals surface area contributed by atoms with Crippen LogP contribution in [0.1, 0.15) is 19.8 Å². The topological polar surface area (TPSA) is 68.0 Å². The Kier molecular flexibility index (Phi) is 4.81. The summed E-state index contributed by atoms with van der Waals surface area (Å²) in [5, 5.41) is 9.50. The van der Waals surface area contributed by atoms with Crippen LogP contribution in [0.2, 0.25) is 0 Å². The minimum absolute atomic E-state index is 0.0105. The predicted octanol–water partition coefficient (Wildman–Crippen LogP) is 3.17. The number of aliphatic carboxylic acids is 1. The molecule has 0 bridgehead atoms. The number of aryl methyl sites for hydroxylation is 1. The summed E-state index contributed by atoms with van der Waals surface area (Å²) in [5.74, 6) is -0.829. The average Bonchev–Trinajstić information content (AvgIpc) is 2.70. The predicted molar refractivity (Wildman–Crippen MR) is 78.5 cm³/mol. The fraction of sp³-hybridized carbons (Fsp3) is 0.417. The third kappa shape index (κ3) is 3.48. The first kappa shape index (κ1) is 14.3. The van der Waals surface area contributed by atoms with Crippen molar-refractivity contribution in [3.8, 4) is 0 Å². The van der Waals surface area contributed by atoms with Gasteiger partial charge in [0.05, 0.1) is 5.75 Å². The number of hydrogen-bond acceptors (Lipinski definition) is 4. The van der Waals surface area contributed by atoms with Crippen molar-refractivity contribution in [2.24, 2.45) is 0 Å². The van der Waals surface area contributed by atoms with E-state index < -0.39 is 5.97 Å². The summed E-state index contributed by atoms with van der Waals surface area (Å²) >= 11 is 4.60. The molecule has 0 aromatic carbocycles. The van der Waals surface area contributed by atoms with Crippen LogP contribution in [0.5, 0.6) is 0 Å². The van der Waals surface area contributed by atoms with Gasteiger partial charge in [0.25, 0.3) is 0 Å². The Labute approximate surface area is 123 Å². The van der Waals surface area contributed by atoms with Gasteiger partial charge in [-0.3, -0.25) is 4.79 Å². The third-order valence-corrected chi connectivity index (χ3v) is 3.97. The van der Waals surface area contributed by atoms with E-state index in [1.165, 1.54) is 11.8 Å². The number of hydrogen-bond donors (Lipinski definition) is 1. The van der Waals surface area contributed by atoms with Crippen LogP contribution in [0, 0.1) is 0 Å². The summed E-state index contributed by atoms with van der Waals surface area (Å²) in [7, 11) is 0. The van der Waals surface area contributed by atoms with Gasteiger partial charge in [-0.2, -0.15) is 0 Å². The molecule has 2 aromatic rings. The van der Waals surface area contributed by atoms with Crippen molar-refractivity contribution in [2.45, 2.75) is 31.5 Å². The van der Waals surface area contributed by atoms with Crippen LogP contribution >= 0.6 is 27.7 Å². The summed E-state index contributed by atoms with van der Waals surface area (Å²) in [6.45, 7) is 2.93. The first-order valence-electron chi connectivity index (χ1n) is 5.98. The van der Waals surface area contributed by atoms with E-state index in [0.29, 0.717) is 0 Å². The molecule has 0 aliphatic heterocycles. The van der Waals surface area contributed by atoms with E-state index in [4.69, 9.17) is 5.11 Å². The quantitative estimate of drug-likeness (QED) is 0.816. The van der Waals surface area contributed by atoms with Crippen LogP contribution in [0.15, 0.2) is 21.9 Å². The Hall–Kier alpha value is -1.08. The number of halogens is 1. The molecule has 0 radical (unpaired) electrons. The minimum Gasteiger partial charge on any atom is -0.481 e. The molecule has 0 saturated carbocycles. The zero-order valence-electron chi connectivity index (χ0n) is 10.5. The molecule has 2 heterocycles. The maximum atomic E-state index is 10.7. The molecule has 2 rings (SSSR count). The lowest BCUT2D eigenvalue weighted by Crippen LogP contribution is -2.04. The number of pyridine rings is 1. The number of carboxylic acids is 1. The second kappa shape index (κ2) is 6.38. The van der Waals surface area contributed by atoms with Crippen LogP contribution in [0.4, 0.5) is 0 Å². The molecule has 0 fully saturated rings. The number of carboxylic acid groups (broad SMARTS) is 1. The van der Waals surface area contributed by atoms with E-state index in [-0.39, 0.29) is 5.75 Å². The van der Waals surface area contributed by atoms with Crippen LogP contribution in [0.25, 0.3) is 11.2 Å². The highest BCUT2D eigenvalue weighted by Crippen LogP contribution is 2.25. The molecule has 0 aliphatic rings. The van der Waals surface area contributed by atoms with Gasteiger partial charge in [-0.25, -0.2) is 9.97 Å². The van der Waals surface area contributed by atoms with Crippen molar-refractivity contribution in [2.75, 3.05) is 5.75 Å². The van der Waals surface area contributed by atoms with E-state index >= 15 is 0 Å². The van der Waals surface area contributed by atoms with Crippen molar-refractivity contribution >= 4 is 44.8 Å². The zero-order chi connectivity index (χ0) is 13.8. The number of imidazole rings is 1. The zero-order valence-corrected chi connectivity index (χ0v) is 12.9. The fourth-order valence-corrected chi connectivity index (χ4v) is 2.79. The lowest BCUT2D eigenvalue weighted by Gasteiger charge is -2.06. The molecular weight excluding hydrogens is 330 g/mol. The van der Waals surface area contributed by atoms with Crippen molar-refractivity contribution in [3.05, 3.63) is 16.7 Å². The molecule has 0 spiro atoms. The van der Waals surface area contributed by atoms with Crippen LogP contribution in [-0.2, 0) is 11.3 Å². The number of aromatic nitrogens is 3. The van der Waals surface area contributed by atoms with Crippen molar-refractivity contribution in [1.82, 2.24) is 14.5 Å². The van der Waals surface area contributed by atoms with Crippen molar-refractivity contribution in [3.63, 3.8) is 0 Å². The van der Waals surface area contributed by atoms with Gasteiger partial charge in [-0.15, -0.1) is 0 Å². The summed E-state index contributed by atoms with van der Waals surface area (Å²) < 4.78 is 2.87. The highest BCUT2D eigenvalue weighted by Gasteiger charge is 2.13. The smallest absolute Gasteiger partial charge is 0.313 e. The van der Waals surface area contributed by atoms with Gasteiger partial charge < -0.3 is 9.67 Å². The number of rotatable bonds is 6. The lowest BCUT2D eigenvalue weighted by atomic mass is 10.3. The first-order valence-corrected chi connectivity index (χ1v) is 7.76. The van der Waals surface area contributed by atoms with Crippen molar-refractivity contribution < 1.29 is 9.90 Å². The van der Waals surface area contributed by atoms with Gasteiger partial charge >= 0.3 is 5.97 Å². The summed E-state index contributed by atoms with van der Waals surface area (Å²) in [6, 6.07) is 1.90. The standard InChI is InChI=1S/C12H14BrN3O2S/c1-2-3-4-16-11-9(5-8(13)6-14-11)15-12(16)19-7-10(17)18/h5-6H,2-4,7H2,1H3,(H,17,18). The largest absolute Gasteiger partial charge is 0.481 e. The van der Waals surface area contributed by atoms with E-state index in [9.17, 15) is 4.79 Å². The SMILES string of the molecule is CCCCn1c(SCC(=O)O)nc2cc(Br)cnc21. The number of unbranched alkanes of at least 4 members (excludes halogenated alkanes) is 1. The molecular formula is C12H14BrN3O2S. The summed E-state index contributed by atoms with van der Waals surface area (Å²) in [4.78, 5) is 19.5. The fourth-order valence-electron chi connectivity index (χ4n) is 1.72. The maximum Gasteiger partial charge on any atom is 0.313 e. The van der Waals surface area contributed by atoms with Crippen LogP contribution < -0.4 is 0 Å². The monoisotopic (exact) mass is 343 g/mol. The van der Waals surface area contributed by atoms with Crippen LogP contribution in [-0.4, -0.2) is 31.4 Å². The number of nitrogens with zero attached hydrogens (tertiary/aromatic N) is 3. The van der Waals surface area contributed by atoms with Gasteiger partial charge in [-0.05, 0) is 28.4 Å². The minimum atomic E-state index is -0.840. The molecule has 19 heavy (non-hydrogen) atoms. The molecule has 102 valence electrons. The summed E-state index contributed by atoms with van der Waals surface area (Å²) in [5.41, 5.74) is 1.60. The Morgan fingerprint density at radius 2 is 2.37 bits per heavy atom. The molecule has 0 amide bonds. The van der Waals surface area contributed by atoms with Gasteiger partial charge in [0.15, 0.2) is 10.8 Å². The second-order valence-corrected chi connectivity index (χ2v) is 5.94. The van der Waals surface area contributed by atoms with E-state index in [1.807, 2.05) is 10.6 Å². The van der Waals surface area contributed by atoms with E-state index in [1.54, 1.807) is 6.20 Å². The molecule has 0 atom stereocenters. The van der Waals surface area contributed by atoms with Gasteiger partial charge in [-0.1, -0.05) is 25.1 Å². The Balaban J connectivity index is 2.38. The molecule has 0 unspecified atom stereocenters. The van der Waals surface area contributed by atoms with E-state index in [0.717, 1.165) is 40.2 Å². The van der Waals surface area contributed by atoms with Crippen molar-refractivity contribution in [1.29, 1.82) is 0 Å². The van der Waals surface area contributed by atoms with Crippen LogP contribution in [0.3, 0.4) is 0 Å². The maximum absolute atomic E-state index is 10.7. The normalized spacial score (nSPS) is 11.1. The number of fused-ring (bicyclic) bond motifs is 1. The Morgan fingerprint density at radius 1 is 1.58 bits per heavy atom. The van der Waals surface area contributed by atoms with Gasteiger partial charge in [0.2, 0.25) is 0 Å². The molecule has 5 nitrogen and oxygen atoms in total. The third-order valence-electron chi connectivity index (χ3n) is 2.58. The molecule has 7 heteroatoms. The lowest BCUT2D eigenvalue weighted by molar-refractivity contribution is -0.133. The average molecular weight is 344 g/mol. The number of carbonyl (C=O) groups is 1. The van der Waals surface area contributed by atoms with Gasteiger partial charge in [0.1, 0.15) is 5.52 Å².